The van der Waals surface area contributed by atoms with Crippen molar-refractivity contribution in [1.29, 1.82) is 0 Å². The third-order valence-corrected chi connectivity index (χ3v) is 3.20. The smallest absolute Gasteiger partial charge is 0.105 e. The minimum atomic E-state index is -0.944. The van der Waals surface area contributed by atoms with Crippen molar-refractivity contribution in [1.82, 2.24) is 5.32 Å². The summed E-state index contributed by atoms with van der Waals surface area (Å²) in [4.78, 5) is 0. The summed E-state index contributed by atoms with van der Waals surface area (Å²) < 4.78 is 0. The Kier molecular flexibility index (Phi) is 3.71. The molecule has 1 aliphatic rings. The highest BCUT2D eigenvalue weighted by Crippen LogP contribution is 2.25. The molecule has 78 valence electrons. The van der Waals surface area contributed by atoms with Crippen LogP contribution in [-0.2, 0) is 0 Å². The topological polar surface area (TPSA) is 52.5 Å². The van der Waals surface area contributed by atoms with Crippen molar-refractivity contribution in [3.63, 3.8) is 0 Å². The Bertz CT molecular complexity index is 155. The summed E-state index contributed by atoms with van der Waals surface area (Å²) in [6.45, 7) is 4.54. The van der Waals surface area contributed by atoms with E-state index in [1.165, 1.54) is 6.42 Å². The SMILES string of the molecule is CC[C@@](O)(C(C)O)[C@H]1CCCCN1. The molecule has 0 aliphatic carbocycles. The van der Waals surface area contributed by atoms with Crippen LogP contribution in [0, 0.1) is 0 Å². The lowest BCUT2D eigenvalue weighted by Gasteiger charge is -2.40. The van der Waals surface area contributed by atoms with Crippen LogP contribution in [0.1, 0.15) is 39.5 Å². The van der Waals surface area contributed by atoms with E-state index in [1.807, 2.05) is 6.92 Å². The third kappa shape index (κ3) is 2.22. The Balaban J connectivity index is 2.62. The summed E-state index contributed by atoms with van der Waals surface area (Å²) in [5.41, 5.74) is -0.944. The highest BCUT2D eigenvalue weighted by molar-refractivity contribution is 4.95. The van der Waals surface area contributed by atoms with Crippen molar-refractivity contribution in [2.24, 2.45) is 0 Å². The van der Waals surface area contributed by atoms with Crippen molar-refractivity contribution in [3.8, 4) is 0 Å². The number of rotatable bonds is 3. The number of aliphatic hydroxyl groups excluding tert-OH is 1. The zero-order valence-electron chi connectivity index (χ0n) is 8.58. The Morgan fingerprint density at radius 2 is 2.23 bits per heavy atom. The fourth-order valence-electron chi connectivity index (χ4n) is 2.11. The van der Waals surface area contributed by atoms with Gasteiger partial charge in [-0.05, 0) is 32.7 Å². The Hall–Kier alpha value is -0.120. The zero-order valence-corrected chi connectivity index (χ0v) is 8.58. The average molecular weight is 187 g/mol. The summed E-state index contributed by atoms with van der Waals surface area (Å²) in [5.74, 6) is 0. The van der Waals surface area contributed by atoms with Crippen molar-refractivity contribution in [3.05, 3.63) is 0 Å². The van der Waals surface area contributed by atoms with Crippen molar-refractivity contribution >= 4 is 0 Å². The van der Waals surface area contributed by atoms with Gasteiger partial charge in [-0.15, -0.1) is 0 Å². The molecule has 3 heteroatoms. The molecule has 3 N–H and O–H groups in total. The number of piperidine rings is 1. The minimum Gasteiger partial charge on any atom is -0.390 e. The van der Waals surface area contributed by atoms with E-state index in [0.29, 0.717) is 6.42 Å². The van der Waals surface area contributed by atoms with Crippen LogP contribution < -0.4 is 5.32 Å². The van der Waals surface area contributed by atoms with E-state index in [0.717, 1.165) is 19.4 Å². The zero-order chi connectivity index (χ0) is 9.90. The van der Waals surface area contributed by atoms with E-state index in [9.17, 15) is 10.2 Å². The molecular formula is C10H21NO2. The summed E-state index contributed by atoms with van der Waals surface area (Å²) in [6, 6.07) is 0.0613. The molecule has 0 spiro atoms. The number of aliphatic hydroxyl groups is 2. The van der Waals surface area contributed by atoms with Gasteiger partial charge in [-0.3, -0.25) is 0 Å². The number of hydrogen-bond donors (Lipinski definition) is 3. The maximum atomic E-state index is 10.2. The molecule has 3 nitrogen and oxygen atoms in total. The fourth-order valence-corrected chi connectivity index (χ4v) is 2.11. The number of hydrogen-bond acceptors (Lipinski definition) is 3. The molecule has 0 radical (unpaired) electrons. The summed E-state index contributed by atoms with van der Waals surface area (Å²) in [6.07, 6.45) is 3.23. The molecule has 1 aliphatic heterocycles. The van der Waals surface area contributed by atoms with E-state index in [-0.39, 0.29) is 6.04 Å². The highest BCUT2D eigenvalue weighted by Gasteiger charge is 2.39. The molecule has 0 aromatic carbocycles. The quantitative estimate of drug-likeness (QED) is 0.608. The van der Waals surface area contributed by atoms with Crippen LogP contribution in [0.2, 0.25) is 0 Å². The van der Waals surface area contributed by atoms with E-state index in [2.05, 4.69) is 5.32 Å². The highest BCUT2D eigenvalue weighted by atomic mass is 16.3. The lowest BCUT2D eigenvalue weighted by molar-refractivity contribution is -0.0977. The summed E-state index contributed by atoms with van der Waals surface area (Å²) >= 11 is 0. The molecule has 0 bridgehead atoms. The van der Waals surface area contributed by atoms with Gasteiger partial charge in [0.15, 0.2) is 0 Å². The normalized spacial score (nSPS) is 30.9. The van der Waals surface area contributed by atoms with Crippen LogP contribution in [-0.4, -0.2) is 34.5 Å². The lowest BCUT2D eigenvalue weighted by Crippen LogP contribution is -2.58. The fraction of sp³-hybridized carbons (Fsp3) is 1.00. The predicted molar refractivity (Wildman–Crippen MR) is 52.6 cm³/mol. The van der Waals surface area contributed by atoms with E-state index in [4.69, 9.17) is 0 Å². The van der Waals surface area contributed by atoms with Gasteiger partial charge in [-0.25, -0.2) is 0 Å². The average Bonchev–Trinajstić information content (AvgIpc) is 2.17. The third-order valence-electron chi connectivity index (χ3n) is 3.20. The van der Waals surface area contributed by atoms with Crippen LogP contribution in [0.15, 0.2) is 0 Å². The molecule has 3 atom stereocenters. The van der Waals surface area contributed by atoms with Gasteiger partial charge in [0.1, 0.15) is 5.60 Å². The first-order valence-corrected chi connectivity index (χ1v) is 5.25. The molecule has 0 aromatic rings. The van der Waals surface area contributed by atoms with E-state index in [1.54, 1.807) is 6.92 Å². The van der Waals surface area contributed by atoms with Crippen LogP contribution in [0.3, 0.4) is 0 Å². The second-order valence-electron chi connectivity index (χ2n) is 4.02. The molecule has 0 aromatic heterocycles. The molecule has 1 saturated heterocycles. The first-order chi connectivity index (χ1) is 6.11. The predicted octanol–water partition coefficient (Wildman–Crippen LogP) is 0.650. The molecule has 1 rings (SSSR count). The largest absolute Gasteiger partial charge is 0.390 e. The second-order valence-corrected chi connectivity index (χ2v) is 4.02. The van der Waals surface area contributed by atoms with Gasteiger partial charge < -0.3 is 15.5 Å². The summed E-state index contributed by atoms with van der Waals surface area (Å²) in [5, 5.41) is 23.0. The summed E-state index contributed by atoms with van der Waals surface area (Å²) in [7, 11) is 0. The van der Waals surface area contributed by atoms with Gasteiger partial charge in [-0.2, -0.15) is 0 Å². The lowest BCUT2D eigenvalue weighted by atomic mass is 9.82. The first kappa shape index (κ1) is 11.0. The van der Waals surface area contributed by atoms with Crippen molar-refractivity contribution in [2.45, 2.75) is 57.3 Å². The van der Waals surface area contributed by atoms with E-state index < -0.39 is 11.7 Å². The first-order valence-electron chi connectivity index (χ1n) is 5.25. The van der Waals surface area contributed by atoms with Gasteiger partial charge in [0.2, 0.25) is 0 Å². The molecule has 1 heterocycles. The van der Waals surface area contributed by atoms with Crippen molar-refractivity contribution < 1.29 is 10.2 Å². The number of nitrogens with one attached hydrogen (secondary N) is 1. The van der Waals surface area contributed by atoms with Crippen molar-refractivity contribution in [2.75, 3.05) is 6.54 Å². The Morgan fingerprint density at radius 1 is 1.54 bits per heavy atom. The molecule has 1 fully saturated rings. The van der Waals surface area contributed by atoms with Crippen LogP contribution in [0.4, 0.5) is 0 Å². The maximum Gasteiger partial charge on any atom is 0.105 e. The van der Waals surface area contributed by atoms with Gasteiger partial charge in [-0.1, -0.05) is 13.3 Å². The monoisotopic (exact) mass is 187 g/mol. The molecule has 0 saturated carbocycles. The standard InChI is InChI=1S/C10H21NO2/c1-3-10(13,8(2)12)9-6-4-5-7-11-9/h8-9,11-13H,3-7H2,1-2H3/t8?,9-,10-/m1/s1. The second kappa shape index (κ2) is 4.40. The molecular weight excluding hydrogens is 166 g/mol. The Morgan fingerprint density at radius 3 is 2.62 bits per heavy atom. The molecule has 0 amide bonds. The minimum absolute atomic E-state index is 0.0613. The van der Waals surface area contributed by atoms with Gasteiger partial charge >= 0.3 is 0 Å². The maximum absolute atomic E-state index is 10.2. The Labute approximate surface area is 80.2 Å². The van der Waals surface area contributed by atoms with Crippen LogP contribution in [0.5, 0.6) is 0 Å². The van der Waals surface area contributed by atoms with Gasteiger partial charge in [0.05, 0.1) is 6.10 Å². The van der Waals surface area contributed by atoms with E-state index >= 15 is 0 Å². The van der Waals surface area contributed by atoms with Gasteiger partial charge in [0, 0.05) is 6.04 Å². The molecule has 1 unspecified atom stereocenters. The molecule has 13 heavy (non-hydrogen) atoms. The van der Waals surface area contributed by atoms with Crippen LogP contribution >= 0.6 is 0 Å². The van der Waals surface area contributed by atoms with Crippen LogP contribution in [0.25, 0.3) is 0 Å². The van der Waals surface area contributed by atoms with Gasteiger partial charge in [0.25, 0.3) is 0 Å².